The number of aromatic nitrogens is 2. The molecule has 0 saturated heterocycles. The van der Waals surface area contributed by atoms with Crippen molar-refractivity contribution in [1.82, 2.24) is 15.5 Å². The van der Waals surface area contributed by atoms with Gasteiger partial charge >= 0.3 is 5.97 Å². The van der Waals surface area contributed by atoms with Gasteiger partial charge in [0, 0.05) is 36.9 Å². The van der Waals surface area contributed by atoms with Crippen LogP contribution in [0.2, 0.25) is 0 Å². The molecule has 4 N–H and O–H groups in total. The van der Waals surface area contributed by atoms with E-state index in [0.717, 1.165) is 47.3 Å². The summed E-state index contributed by atoms with van der Waals surface area (Å²) in [6, 6.07) is 23.0. The van der Waals surface area contributed by atoms with E-state index in [2.05, 4.69) is 45.1 Å². The number of aromatic amines is 1. The van der Waals surface area contributed by atoms with Crippen LogP contribution >= 0.6 is 0 Å². The Kier molecular flexibility index (Phi) is 6.50. The molecule has 7 heteroatoms. The predicted octanol–water partition coefficient (Wildman–Crippen LogP) is 5.62. The summed E-state index contributed by atoms with van der Waals surface area (Å²) in [5.74, 6) is 1.56. The second-order valence-corrected chi connectivity index (χ2v) is 8.91. The number of anilines is 2. The van der Waals surface area contributed by atoms with Gasteiger partial charge in [-0.05, 0) is 66.3 Å². The number of carbonyl (C=O) groups excluding carboxylic acids is 1. The van der Waals surface area contributed by atoms with Crippen molar-refractivity contribution in [2.24, 2.45) is 5.92 Å². The number of hydrogen-bond acceptors (Lipinski definition) is 6. The summed E-state index contributed by atoms with van der Waals surface area (Å²) in [6.45, 7) is 3.33. The van der Waals surface area contributed by atoms with E-state index in [1.165, 1.54) is 31.4 Å². The van der Waals surface area contributed by atoms with Gasteiger partial charge in [0.15, 0.2) is 5.82 Å². The van der Waals surface area contributed by atoms with Gasteiger partial charge in [-0.2, -0.15) is 5.10 Å². The Bertz CT molecular complexity index is 1310. The molecule has 0 unspecified atom stereocenters. The lowest BCUT2D eigenvalue weighted by Gasteiger charge is -2.08. The highest BCUT2D eigenvalue weighted by atomic mass is 16.5. The van der Waals surface area contributed by atoms with Crippen molar-refractivity contribution in [2.45, 2.75) is 26.3 Å². The number of aromatic hydroxyl groups is 1. The number of nitrogens with one attached hydrogen (secondary N) is 3. The lowest BCUT2D eigenvalue weighted by atomic mass is 10.0. The van der Waals surface area contributed by atoms with Crippen molar-refractivity contribution in [2.75, 3.05) is 11.9 Å². The Labute approximate surface area is 204 Å². The zero-order valence-electron chi connectivity index (χ0n) is 19.5. The minimum atomic E-state index is -0.427. The molecule has 1 heterocycles. The van der Waals surface area contributed by atoms with Crippen LogP contribution in [0.4, 0.5) is 11.5 Å². The van der Waals surface area contributed by atoms with Gasteiger partial charge in [-0.25, -0.2) is 0 Å². The number of hydrogen-bond donors (Lipinski definition) is 4. The number of rotatable bonds is 9. The van der Waals surface area contributed by atoms with Gasteiger partial charge in [-0.15, -0.1) is 0 Å². The second-order valence-electron chi connectivity index (χ2n) is 8.91. The summed E-state index contributed by atoms with van der Waals surface area (Å²) in [6.07, 6.45) is 2.73. The first kappa shape index (κ1) is 22.7. The maximum absolute atomic E-state index is 11.1. The smallest absolute Gasteiger partial charge is 0.308 e. The lowest BCUT2D eigenvalue weighted by Crippen LogP contribution is -2.15. The number of nitrogens with zero attached hydrogens (tertiary/aromatic N) is 1. The second kappa shape index (κ2) is 10.0. The summed E-state index contributed by atoms with van der Waals surface area (Å²) in [4.78, 5) is 11.1. The third-order valence-corrected chi connectivity index (χ3v) is 6.00. The van der Waals surface area contributed by atoms with Gasteiger partial charge in [0.05, 0.1) is 5.69 Å². The zero-order chi connectivity index (χ0) is 24.2. The van der Waals surface area contributed by atoms with Crippen molar-refractivity contribution in [3.05, 3.63) is 78.4 Å². The largest absolute Gasteiger partial charge is 0.507 e. The van der Waals surface area contributed by atoms with Gasteiger partial charge in [0.25, 0.3) is 0 Å². The third-order valence-electron chi connectivity index (χ3n) is 6.00. The summed E-state index contributed by atoms with van der Waals surface area (Å²) < 4.78 is 5.02. The van der Waals surface area contributed by atoms with Gasteiger partial charge in [-0.3, -0.25) is 9.89 Å². The number of esters is 1. The van der Waals surface area contributed by atoms with Gasteiger partial charge < -0.3 is 20.5 Å². The zero-order valence-corrected chi connectivity index (χ0v) is 19.5. The summed E-state index contributed by atoms with van der Waals surface area (Å²) in [5.41, 5.74) is 5.62. The van der Waals surface area contributed by atoms with E-state index in [1.54, 1.807) is 12.1 Å². The van der Waals surface area contributed by atoms with Gasteiger partial charge in [0.2, 0.25) is 0 Å². The normalized spacial score (nSPS) is 12.9. The van der Waals surface area contributed by atoms with Crippen molar-refractivity contribution in [1.29, 1.82) is 0 Å². The van der Waals surface area contributed by atoms with E-state index in [9.17, 15) is 9.90 Å². The van der Waals surface area contributed by atoms with Crippen LogP contribution in [0, 0.1) is 5.92 Å². The minimum Gasteiger partial charge on any atom is -0.507 e. The quantitative estimate of drug-likeness (QED) is 0.188. The monoisotopic (exact) mass is 468 g/mol. The molecular weight excluding hydrogens is 440 g/mol. The molecule has 1 aromatic heterocycles. The molecule has 0 atom stereocenters. The fraction of sp³-hybridized carbons (Fsp3) is 0.214. The SMILES string of the molecule is CC(=O)Oc1ccc(-c2ccc(-c3cc(Nc4ccc(CNCC5CC5)cc4)n[nH]3)cc2)c(O)c1. The van der Waals surface area contributed by atoms with Crippen LogP contribution in [0.15, 0.2) is 72.8 Å². The molecule has 1 aliphatic carbocycles. The topological polar surface area (TPSA) is 99.3 Å². The highest BCUT2D eigenvalue weighted by Crippen LogP contribution is 2.34. The molecular formula is C28H28N4O3. The molecule has 1 fully saturated rings. The van der Waals surface area contributed by atoms with E-state index in [0.29, 0.717) is 11.3 Å². The Hall–Kier alpha value is -4.10. The Morgan fingerprint density at radius 3 is 2.46 bits per heavy atom. The summed E-state index contributed by atoms with van der Waals surface area (Å²) >= 11 is 0. The van der Waals surface area contributed by atoms with Gasteiger partial charge in [0.1, 0.15) is 11.5 Å². The Balaban J connectivity index is 1.21. The first-order valence-electron chi connectivity index (χ1n) is 11.8. The molecule has 5 rings (SSSR count). The number of phenols is 1. The van der Waals surface area contributed by atoms with E-state index in [-0.39, 0.29) is 5.75 Å². The molecule has 0 radical (unpaired) electrons. The average Bonchev–Trinajstić information content (AvgIpc) is 3.56. The molecule has 0 spiro atoms. The Morgan fingerprint density at radius 1 is 1.03 bits per heavy atom. The van der Waals surface area contributed by atoms with Crippen LogP contribution < -0.4 is 15.4 Å². The maximum atomic E-state index is 11.1. The standard InChI is InChI=1S/C28H28N4O3/c1-18(33)35-24-12-13-25(27(34)14-24)21-6-8-22(9-7-21)26-15-28(32-31-26)30-23-10-4-20(5-11-23)17-29-16-19-2-3-19/h4-15,19,29,34H,2-3,16-17H2,1H3,(H2,30,31,32). The molecule has 0 aliphatic heterocycles. The number of phenolic OH excluding ortho intramolecular Hbond substituents is 1. The first-order chi connectivity index (χ1) is 17.0. The number of benzene rings is 3. The molecule has 3 aromatic carbocycles. The highest BCUT2D eigenvalue weighted by molar-refractivity contribution is 5.76. The van der Waals surface area contributed by atoms with E-state index in [4.69, 9.17) is 4.74 Å². The van der Waals surface area contributed by atoms with E-state index < -0.39 is 5.97 Å². The van der Waals surface area contributed by atoms with Crippen molar-refractivity contribution in [3.63, 3.8) is 0 Å². The molecule has 0 bridgehead atoms. The van der Waals surface area contributed by atoms with Crippen LogP contribution in [0.5, 0.6) is 11.5 Å². The average molecular weight is 469 g/mol. The van der Waals surface area contributed by atoms with Crippen molar-refractivity contribution >= 4 is 17.5 Å². The molecule has 7 nitrogen and oxygen atoms in total. The van der Waals surface area contributed by atoms with Crippen LogP contribution in [0.1, 0.15) is 25.3 Å². The number of ether oxygens (including phenoxy) is 1. The molecule has 35 heavy (non-hydrogen) atoms. The lowest BCUT2D eigenvalue weighted by molar-refractivity contribution is -0.131. The third kappa shape index (κ3) is 5.88. The van der Waals surface area contributed by atoms with Crippen LogP contribution in [0.3, 0.4) is 0 Å². The van der Waals surface area contributed by atoms with E-state index in [1.807, 2.05) is 30.3 Å². The number of H-pyrrole nitrogens is 1. The molecule has 4 aromatic rings. The Morgan fingerprint density at radius 2 is 1.77 bits per heavy atom. The molecule has 1 aliphatic rings. The fourth-order valence-corrected chi connectivity index (χ4v) is 3.94. The molecule has 1 saturated carbocycles. The fourth-order valence-electron chi connectivity index (χ4n) is 3.94. The van der Waals surface area contributed by atoms with Crippen molar-refractivity contribution < 1.29 is 14.6 Å². The minimum absolute atomic E-state index is 0.0502. The highest BCUT2D eigenvalue weighted by Gasteiger charge is 2.20. The summed E-state index contributed by atoms with van der Waals surface area (Å²) in [7, 11) is 0. The van der Waals surface area contributed by atoms with E-state index >= 15 is 0 Å². The number of carbonyl (C=O) groups is 1. The summed E-state index contributed by atoms with van der Waals surface area (Å²) in [5, 5.41) is 24.7. The van der Waals surface area contributed by atoms with Crippen molar-refractivity contribution in [3.8, 4) is 33.9 Å². The molecule has 178 valence electrons. The van der Waals surface area contributed by atoms with Crippen LogP contribution in [-0.4, -0.2) is 27.8 Å². The predicted molar refractivity (Wildman–Crippen MR) is 137 cm³/mol. The molecule has 0 amide bonds. The van der Waals surface area contributed by atoms with Crippen LogP contribution in [0.25, 0.3) is 22.4 Å². The van der Waals surface area contributed by atoms with Gasteiger partial charge in [-0.1, -0.05) is 36.4 Å². The maximum Gasteiger partial charge on any atom is 0.308 e. The van der Waals surface area contributed by atoms with Crippen LogP contribution in [-0.2, 0) is 11.3 Å². The first-order valence-corrected chi connectivity index (χ1v) is 11.8.